The van der Waals surface area contributed by atoms with Crippen LogP contribution in [0.5, 0.6) is 0 Å². The highest BCUT2D eigenvalue weighted by molar-refractivity contribution is 7.54. The Bertz CT molecular complexity index is 288. The molecule has 1 fully saturated rings. The van der Waals surface area contributed by atoms with Gasteiger partial charge in [0, 0.05) is 13.1 Å². The number of nitrogens with one attached hydrogen (secondary N) is 1. The van der Waals surface area contributed by atoms with E-state index in [1.807, 2.05) is 0 Å². The molecule has 0 bridgehead atoms. The largest absolute Gasteiger partial charge is 0.393 e. The highest BCUT2D eigenvalue weighted by Crippen LogP contribution is 2.58. The van der Waals surface area contributed by atoms with Crippen LogP contribution in [0.25, 0.3) is 0 Å². The van der Waals surface area contributed by atoms with Crippen LogP contribution in [-0.4, -0.2) is 38.1 Å². The van der Waals surface area contributed by atoms with E-state index >= 15 is 0 Å². The third kappa shape index (κ3) is 3.44. The summed E-state index contributed by atoms with van der Waals surface area (Å²) in [6.07, 6.45) is -4.39. The molecular formula is C9H17F3NO3P. The minimum atomic E-state index is -4.39. The maximum absolute atomic E-state index is 12.7. The summed E-state index contributed by atoms with van der Waals surface area (Å²) in [6, 6.07) is 0. The summed E-state index contributed by atoms with van der Waals surface area (Å²) in [5, 5.41) is 2.60. The van der Waals surface area contributed by atoms with Crippen molar-refractivity contribution in [2.24, 2.45) is 5.92 Å². The highest BCUT2D eigenvalue weighted by atomic mass is 31.2. The van der Waals surface area contributed by atoms with Gasteiger partial charge in [-0.25, -0.2) is 0 Å². The molecule has 1 aliphatic heterocycles. The van der Waals surface area contributed by atoms with Gasteiger partial charge in [-0.2, -0.15) is 13.2 Å². The van der Waals surface area contributed by atoms with Crippen molar-refractivity contribution in [2.45, 2.75) is 25.7 Å². The fraction of sp³-hybridized carbons (Fsp3) is 1.00. The van der Waals surface area contributed by atoms with Gasteiger partial charge in [0.1, 0.15) is 0 Å². The van der Waals surface area contributed by atoms with Gasteiger partial charge in [0.25, 0.3) is 0 Å². The topological polar surface area (TPSA) is 47.6 Å². The van der Waals surface area contributed by atoms with E-state index in [9.17, 15) is 17.7 Å². The molecule has 0 saturated carbocycles. The third-order valence-electron chi connectivity index (χ3n) is 2.63. The monoisotopic (exact) mass is 275 g/mol. The first-order valence-corrected chi connectivity index (χ1v) is 7.12. The Morgan fingerprint density at radius 1 is 1.24 bits per heavy atom. The molecule has 0 aromatic heterocycles. The summed E-state index contributed by atoms with van der Waals surface area (Å²) in [5.41, 5.74) is -1.15. The SMILES string of the molecule is CCOP(=O)(OCC)C1CNCC1C(F)(F)F. The van der Waals surface area contributed by atoms with Crippen LogP contribution in [0, 0.1) is 5.92 Å². The van der Waals surface area contributed by atoms with Crippen molar-refractivity contribution in [1.29, 1.82) is 0 Å². The van der Waals surface area contributed by atoms with Crippen LogP contribution in [0.3, 0.4) is 0 Å². The van der Waals surface area contributed by atoms with Gasteiger partial charge >= 0.3 is 13.8 Å². The summed E-state index contributed by atoms with van der Waals surface area (Å²) in [4.78, 5) is 0. The molecule has 1 saturated heterocycles. The van der Waals surface area contributed by atoms with E-state index in [0.717, 1.165) is 0 Å². The van der Waals surface area contributed by atoms with Crippen molar-refractivity contribution in [3.63, 3.8) is 0 Å². The van der Waals surface area contributed by atoms with Crippen LogP contribution in [0.4, 0.5) is 13.2 Å². The first kappa shape index (κ1) is 15.0. The maximum Gasteiger partial charge on any atom is 0.393 e. The van der Waals surface area contributed by atoms with Crippen LogP contribution < -0.4 is 5.32 Å². The molecule has 1 rings (SSSR count). The van der Waals surface area contributed by atoms with Crippen molar-refractivity contribution in [3.8, 4) is 0 Å². The van der Waals surface area contributed by atoms with Crippen LogP contribution in [-0.2, 0) is 13.6 Å². The highest BCUT2D eigenvalue weighted by Gasteiger charge is 2.55. The van der Waals surface area contributed by atoms with E-state index in [1.165, 1.54) is 0 Å². The van der Waals surface area contributed by atoms with E-state index in [2.05, 4.69) is 5.32 Å². The molecule has 0 aromatic rings. The third-order valence-corrected chi connectivity index (χ3v) is 5.22. The average molecular weight is 275 g/mol. The zero-order chi connectivity index (χ0) is 13.1. The van der Waals surface area contributed by atoms with E-state index in [4.69, 9.17) is 9.05 Å². The lowest BCUT2D eigenvalue weighted by atomic mass is 10.1. The predicted octanol–water partition coefficient (Wildman–Crippen LogP) is 2.40. The van der Waals surface area contributed by atoms with E-state index in [1.54, 1.807) is 13.8 Å². The summed E-state index contributed by atoms with van der Waals surface area (Å²) in [6.45, 7) is 3.06. The van der Waals surface area contributed by atoms with Gasteiger partial charge in [-0.3, -0.25) is 4.57 Å². The Morgan fingerprint density at radius 2 is 1.76 bits per heavy atom. The van der Waals surface area contributed by atoms with Gasteiger partial charge in [-0.1, -0.05) is 0 Å². The zero-order valence-electron chi connectivity index (χ0n) is 9.79. The molecular weight excluding hydrogens is 258 g/mol. The van der Waals surface area contributed by atoms with Gasteiger partial charge in [0.15, 0.2) is 0 Å². The fourth-order valence-corrected chi connectivity index (χ4v) is 4.16. The molecule has 8 heteroatoms. The standard InChI is InChI=1S/C9H17F3NO3P/c1-3-15-17(14,16-4-2)8-6-13-5-7(8)9(10,11)12/h7-8,13H,3-6H2,1-2H3. The molecule has 1 heterocycles. The number of alkyl halides is 3. The normalized spacial score (nSPS) is 26.4. The maximum atomic E-state index is 12.7. The van der Waals surface area contributed by atoms with Gasteiger partial charge in [0.2, 0.25) is 0 Å². The minimum Gasteiger partial charge on any atom is -0.315 e. The summed E-state index contributed by atoms with van der Waals surface area (Å²) in [7, 11) is -3.70. The summed E-state index contributed by atoms with van der Waals surface area (Å²) < 4.78 is 60.5. The minimum absolute atomic E-state index is 0.00144. The number of halogens is 3. The van der Waals surface area contributed by atoms with Gasteiger partial charge < -0.3 is 14.4 Å². The lowest BCUT2D eigenvalue weighted by Crippen LogP contribution is -2.34. The van der Waals surface area contributed by atoms with Gasteiger partial charge in [-0.05, 0) is 13.8 Å². The van der Waals surface area contributed by atoms with Gasteiger partial charge in [-0.15, -0.1) is 0 Å². The molecule has 2 unspecified atom stereocenters. The molecule has 0 radical (unpaired) electrons. The number of rotatable bonds is 5. The molecule has 0 aromatic carbocycles. The van der Waals surface area contributed by atoms with Crippen molar-refractivity contribution in [1.82, 2.24) is 5.32 Å². The summed E-state index contributed by atoms with van der Waals surface area (Å²) >= 11 is 0. The number of hydrogen-bond acceptors (Lipinski definition) is 4. The second kappa shape index (κ2) is 5.69. The van der Waals surface area contributed by atoms with Gasteiger partial charge in [0.05, 0.1) is 24.8 Å². The van der Waals surface area contributed by atoms with Crippen molar-refractivity contribution in [2.75, 3.05) is 26.3 Å². The Kier molecular flexibility index (Phi) is 5.01. The predicted molar refractivity (Wildman–Crippen MR) is 57.1 cm³/mol. The van der Waals surface area contributed by atoms with E-state index in [-0.39, 0.29) is 26.3 Å². The quantitative estimate of drug-likeness (QED) is 0.783. The molecule has 0 spiro atoms. The molecule has 2 atom stereocenters. The lowest BCUT2D eigenvalue weighted by molar-refractivity contribution is -0.168. The zero-order valence-corrected chi connectivity index (χ0v) is 10.7. The Morgan fingerprint density at radius 3 is 2.18 bits per heavy atom. The first-order valence-electron chi connectivity index (χ1n) is 5.51. The van der Waals surface area contributed by atoms with Crippen LogP contribution in [0.15, 0.2) is 0 Å². The van der Waals surface area contributed by atoms with Crippen LogP contribution in [0.2, 0.25) is 0 Å². The average Bonchev–Trinajstić information content (AvgIpc) is 2.66. The molecule has 1 N–H and O–H groups in total. The Hall–Kier alpha value is -0.100. The second-order valence-corrected chi connectivity index (χ2v) is 6.01. The number of hydrogen-bond donors (Lipinski definition) is 1. The first-order chi connectivity index (χ1) is 7.85. The Balaban J connectivity index is 2.90. The van der Waals surface area contributed by atoms with Crippen LogP contribution >= 0.6 is 7.60 Å². The molecule has 0 aliphatic carbocycles. The summed E-state index contributed by atoms with van der Waals surface area (Å²) in [5.74, 6) is -1.67. The molecule has 1 aliphatic rings. The second-order valence-electron chi connectivity index (χ2n) is 3.75. The molecule has 102 valence electrons. The molecule has 4 nitrogen and oxygen atoms in total. The fourth-order valence-electron chi connectivity index (χ4n) is 1.92. The molecule has 17 heavy (non-hydrogen) atoms. The van der Waals surface area contributed by atoms with Crippen molar-refractivity contribution in [3.05, 3.63) is 0 Å². The lowest BCUT2D eigenvalue weighted by Gasteiger charge is -2.28. The van der Waals surface area contributed by atoms with Crippen molar-refractivity contribution < 1.29 is 26.8 Å². The van der Waals surface area contributed by atoms with Crippen LogP contribution in [0.1, 0.15) is 13.8 Å². The smallest absolute Gasteiger partial charge is 0.315 e. The van der Waals surface area contributed by atoms with E-state index in [0.29, 0.717) is 0 Å². The van der Waals surface area contributed by atoms with E-state index < -0.39 is 25.3 Å². The Labute approximate surface area is 98.4 Å². The van der Waals surface area contributed by atoms with Crippen molar-refractivity contribution >= 4 is 7.60 Å². The molecule has 0 amide bonds.